The summed E-state index contributed by atoms with van der Waals surface area (Å²) in [6.07, 6.45) is -4.09. The van der Waals surface area contributed by atoms with Crippen LogP contribution in [0.3, 0.4) is 0 Å². The van der Waals surface area contributed by atoms with Crippen molar-refractivity contribution in [2.45, 2.75) is 263 Å². The van der Waals surface area contributed by atoms with Crippen LogP contribution in [0.4, 0.5) is 0 Å². The van der Waals surface area contributed by atoms with Crippen LogP contribution in [-0.4, -0.2) is 267 Å². The first-order chi connectivity index (χ1) is 56.2. The third kappa shape index (κ3) is 41.3. The molecule has 0 fully saturated rings. The fourth-order valence-corrected chi connectivity index (χ4v) is 11.7. The molecule has 0 unspecified atom stereocenters. The fourth-order valence-electron chi connectivity index (χ4n) is 11.7. The van der Waals surface area contributed by atoms with E-state index in [1.807, 2.05) is 5.32 Å². The van der Waals surface area contributed by atoms with Crippen LogP contribution in [0.2, 0.25) is 0 Å². The lowest BCUT2D eigenvalue weighted by atomic mass is 9.96. The van der Waals surface area contributed by atoms with Crippen LogP contribution >= 0.6 is 0 Å². The molecule has 16 atom stereocenters. The summed E-state index contributed by atoms with van der Waals surface area (Å²) in [4.78, 5) is 247. The first-order valence-corrected chi connectivity index (χ1v) is 39.6. The number of carbonyl (C=O) groups is 18. The third-order valence-electron chi connectivity index (χ3n) is 18.6. The van der Waals surface area contributed by atoms with Crippen molar-refractivity contribution in [3.8, 4) is 5.75 Å². The predicted molar refractivity (Wildman–Crippen MR) is 432 cm³/mol. The van der Waals surface area contributed by atoms with E-state index in [9.17, 15) is 117 Å². The van der Waals surface area contributed by atoms with Crippen molar-refractivity contribution >= 4 is 112 Å². The van der Waals surface area contributed by atoms with Gasteiger partial charge < -0.3 is 139 Å². The molecule has 676 valence electrons. The number of hydrogen-bond acceptors (Lipinski definition) is 25. The van der Waals surface area contributed by atoms with Crippen molar-refractivity contribution in [1.29, 1.82) is 0 Å². The van der Waals surface area contributed by atoms with Crippen molar-refractivity contribution in [3.63, 3.8) is 0 Å². The number of nitrogens with one attached hydrogen (secondary N) is 14. The normalized spacial score (nSPS) is 15.2. The maximum atomic E-state index is 14.7. The number of phenolic OH excluding ortho intramolecular Hbond substituents is 1. The van der Waals surface area contributed by atoms with E-state index in [2.05, 4.69) is 74.1 Å². The molecule has 0 saturated heterocycles. The van der Waals surface area contributed by atoms with Crippen LogP contribution in [-0.2, 0) is 92.7 Å². The summed E-state index contributed by atoms with van der Waals surface area (Å²) in [5.74, 6) is -22.7. The third-order valence-corrected chi connectivity index (χ3v) is 18.6. The van der Waals surface area contributed by atoms with Crippen molar-refractivity contribution in [1.82, 2.24) is 74.4 Å². The van der Waals surface area contributed by atoms with E-state index < -0.39 is 248 Å². The second-order valence-electron chi connectivity index (χ2n) is 30.4. The minimum Gasteiger partial charge on any atom is -0.508 e. The van der Waals surface area contributed by atoms with Gasteiger partial charge in [0.15, 0.2) is 5.96 Å². The molecule has 0 heterocycles. The smallest absolute Gasteiger partial charge is 0.328 e. The molecule has 1 aromatic carbocycles. The predicted octanol–water partition coefficient (Wildman–Crippen LogP) is -7.52. The Balaban J connectivity index is 3.70. The Hall–Kier alpha value is -11.5. The van der Waals surface area contributed by atoms with Crippen LogP contribution in [0, 0.1) is 23.7 Å². The van der Waals surface area contributed by atoms with Crippen molar-refractivity contribution in [2.24, 2.45) is 63.1 Å². The van der Waals surface area contributed by atoms with Crippen LogP contribution in [0.25, 0.3) is 0 Å². The second-order valence-corrected chi connectivity index (χ2v) is 30.4. The zero-order valence-electron chi connectivity index (χ0n) is 69.6. The Morgan fingerprint density at radius 3 is 1.30 bits per heavy atom. The number of nitrogens with zero attached hydrogens (tertiary/aromatic N) is 1. The Morgan fingerprint density at radius 1 is 0.433 bits per heavy atom. The number of aliphatic hydroxyl groups is 2. The topological polar surface area (TPSA) is 766 Å². The molecule has 15 amide bonds. The van der Waals surface area contributed by atoms with Gasteiger partial charge in [-0.05, 0) is 139 Å². The number of phenols is 1. The Labute approximate surface area is 695 Å². The van der Waals surface area contributed by atoms with Gasteiger partial charge in [-0.1, -0.05) is 73.9 Å². The number of benzene rings is 1. The van der Waals surface area contributed by atoms with Gasteiger partial charge in [-0.2, -0.15) is 0 Å². The number of carbonyl (C=O) groups excluding carboxylic acids is 15. The summed E-state index contributed by atoms with van der Waals surface area (Å²) >= 11 is 0. The summed E-state index contributed by atoms with van der Waals surface area (Å²) in [5, 5.41) is 92.6. The molecule has 0 aliphatic rings. The minimum atomic E-state index is -1.94. The number of aliphatic imine (C=N–C) groups is 1. The highest BCUT2D eigenvalue weighted by Gasteiger charge is 2.40. The molecule has 32 N–H and O–H groups in total. The molecular weight excluding hydrogens is 1580 g/mol. The number of unbranched alkanes of at least 4 members (excludes halogenated alkanes) is 2. The molecule has 0 aliphatic heterocycles. The molecule has 120 heavy (non-hydrogen) atoms. The summed E-state index contributed by atoms with van der Waals surface area (Å²) < 4.78 is 0. The monoisotopic (exact) mass is 1710 g/mol. The maximum absolute atomic E-state index is 14.7. The Kier molecular flexibility index (Phi) is 49.1. The molecule has 0 aliphatic carbocycles. The van der Waals surface area contributed by atoms with Gasteiger partial charge in [-0.3, -0.25) is 86.5 Å². The van der Waals surface area contributed by atoms with Crippen molar-refractivity contribution in [2.75, 3.05) is 32.8 Å². The number of carboxylic acid groups (broad SMARTS) is 3. The summed E-state index contributed by atoms with van der Waals surface area (Å²) in [7, 11) is 0. The number of hydrogen-bond donors (Lipinski definition) is 26. The lowest BCUT2D eigenvalue weighted by Gasteiger charge is -2.31. The van der Waals surface area contributed by atoms with Crippen molar-refractivity contribution < 1.29 is 117 Å². The lowest BCUT2D eigenvalue weighted by molar-refractivity contribution is -0.144. The zero-order chi connectivity index (χ0) is 91.4. The number of primary amides is 1. The number of amides is 15. The second kappa shape index (κ2) is 55.3. The van der Waals surface area contributed by atoms with Gasteiger partial charge in [0.05, 0.1) is 38.1 Å². The molecule has 0 radical (unpaired) electrons. The van der Waals surface area contributed by atoms with E-state index in [0.29, 0.717) is 24.8 Å². The van der Waals surface area contributed by atoms with Gasteiger partial charge in [0, 0.05) is 19.4 Å². The molecule has 45 heteroatoms. The lowest BCUT2D eigenvalue weighted by Crippen LogP contribution is -2.63. The van der Waals surface area contributed by atoms with Crippen LogP contribution in [0.5, 0.6) is 5.75 Å². The van der Waals surface area contributed by atoms with Gasteiger partial charge in [0.25, 0.3) is 0 Å². The number of aliphatic hydroxyl groups excluding tert-OH is 2. The SMILES string of the molecule is CC[C@H](C)[C@H](NC(=O)[C@H](CCCN=C(N)N)NC(=O)[C@@H](NC(=O)[C@@H](NC(=O)[C@H](CC(C)C)NC(=O)[C@H](CCCCN)NC(=O)[C@@H](N)CC(=O)O)C(C)C)[C@@H](C)O)C(=O)N[C@@H](CCC(N)=O)C(=O)N[C@@H](CCCCN)C(=O)N[C@@H](CC(C)C)C(=O)NCC(=O)N[C@@H](Cc1ccc(O)cc1)C(=O)N[C@@H](CC(=O)O)C(=O)N[C@@H](C)C(=O)N[C@@H](CO)C(=O)O. The first kappa shape index (κ1) is 107. The highest BCUT2D eigenvalue weighted by Crippen LogP contribution is 2.17. The van der Waals surface area contributed by atoms with Crippen LogP contribution < -0.4 is 109 Å². The van der Waals surface area contributed by atoms with Gasteiger partial charge in [0.1, 0.15) is 84.3 Å². The number of aliphatic carboxylic acids is 3. The van der Waals surface area contributed by atoms with Crippen LogP contribution in [0.1, 0.15) is 171 Å². The van der Waals surface area contributed by atoms with E-state index in [-0.39, 0.29) is 101 Å². The number of guanidine groups is 1. The van der Waals surface area contributed by atoms with Gasteiger partial charge in [-0.25, -0.2) is 4.79 Å². The summed E-state index contributed by atoms with van der Waals surface area (Å²) in [5.41, 5.74) is 34.2. The van der Waals surface area contributed by atoms with Gasteiger partial charge in [-0.15, -0.1) is 0 Å². The van der Waals surface area contributed by atoms with E-state index in [0.717, 1.165) is 13.8 Å². The standard InChI is InChI=1S/C75H127N21O24/c1-11-39(8)59(95-67(112)47(19-16-28-82-75(80)81)88-73(118)60(41(10)98)96-71(116)58(38(6)7)94-70(115)50(30-37(4)5)91-64(109)45(17-12-14-26-76)86-62(107)44(78)32-56(102)103)72(117)89-48(24-25-54(79)100)66(111)87-46(18-13-15-27-77)65(110)90-49(29-36(2)3)63(108)83-34-55(101)85-51(31-42-20-22-43(99)23-21-42)69(114)92-52(33-57(104)105)68(113)84-40(9)61(106)93-53(35-97)74(119)120/h20-23,36-41,44-53,58-60,97-99H,11-19,24-35,76-78H2,1-10H3,(H2,79,100)(H,83,108)(H,84,113)(H,85,101)(H,86,107)(H,87,111)(H,88,118)(H,89,117)(H,90,110)(H,91,109)(H,92,114)(H,93,106)(H,94,115)(H,95,112)(H,96,116)(H,102,103)(H,104,105)(H,119,120)(H4,80,81,82)/t39-,40-,41+,44-,45-,46-,47-,48-,49-,50-,51-,52-,53-,58-,59-,60-/m0/s1. The molecule has 0 bridgehead atoms. The molecule has 1 aromatic rings. The zero-order valence-corrected chi connectivity index (χ0v) is 69.6. The minimum absolute atomic E-state index is 0.00671. The highest BCUT2D eigenvalue weighted by atomic mass is 16.4. The highest BCUT2D eigenvalue weighted by molar-refractivity contribution is 6.01. The molecule has 1 rings (SSSR count). The van der Waals surface area contributed by atoms with E-state index in [1.54, 1.807) is 55.4 Å². The largest absolute Gasteiger partial charge is 0.508 e. The average Bonchev–Trinajstić information content (AvgIpc) is 0.801. The first-order valence-electron chi connectivity index (χ1n) is 39.6. The van der Waals surface area contributed by atoms with Gasteiger partial charge >= 0.3 is 17.9 Å². The van der Waals surface area contributed by atoms with E-state index in [4.69, 9.17) is 34.4 Å². The Bertz CT molecular complexity index is 3640. The van der Waals surface area contributed by atoms with E-state index in [1.165, 1.54) is 24.3 Å². The molecular formula is C75H127N21O24. The summed E-state index contributed by atoms with van der Waals surface area (Å²) in [6, 6.07) is -17.1. The molecule has 0 spiro atoms. The number of aromatic hydroxyl groups is 1. The number of carboxylic acids is 3. The van der Waals surface area contributed by atoms with E-state index >= 15 is 0 Å². The fraction of sp³-hybridized carbons (Fsp3) is 0.667. The number of rotatable bonds is 59. The maximum Gasteiger partial charge on any atom is 0.328 e. The summed E-state index contributed by atoms with van der Waals surface area (Å²) in [6.45, 7) is 13.7. The molecule has 45 nitrogen and oxygen atoms in total. The Morgan fingerprint density at radius 2 is 0.842 bits per heavy atom. The average molecular weight is 1710 g/mol. The van der Waals surface area contributed by atoms with Crippen LogP contribution in [0.15, 0.2) is 29.3 Å². The van der Waals surface area contributed by atoms with Gasteiger partial charge in [0.2, 0.25) is 88.6 Å². The molecule has 0 saturated carbocycles. The molecule has 0 aromatic heterocycles. The number of nitrogens with two attached hydrogens (primary N) is 6. The quantitative estimate of drug-likeness (QED) is 0.0164. The van der Waals surface area contributed by atoms with Crippen molar-refractivity contribution in [3.05, 3.63) is 29.8 Å².